The molecule has 3 nitrogen and oxygen atoms in total. The van der Waals surface area contributed by atoms with Crippen molar-refractivity contribution in [1.29, 1.82) is 0 Å². The molecule has 1 N–H and O–H groups in total. The van der Waals surface area contributed by atoms with E-state index in [4.69, 9.17) is 11.6 Å². The fraction of sp³-hybridized carbons (Fsp3) is 0. The minimum absolute atomic E-state index is 0.479. The number of aromatic nitrogens is 1. The SMILES string of the molecule is O=[C]Nc1ccc(-c2ccc(Cl)cc2)cn1. The van der Waals surface area contributed by atoms with Crippen molar-refractivity contribution in [3.05, 3.63) is 47.6 Å². The molecule has 1 aromatic carbocycles. The normalized spacial score (nSPS) is 9.81. The Morgan fingerprint density at radius 3 is 2.31 bits per heavy atom. The molecule has 4 heteroatoms. The van der Waals surface area contributed by atoms with Crippen molar-refractivity contribution in [2.24, 2.45) is 0 Å². The smallest absolute Gasteiger partial charge is 0.302 e. The van der Waals surface area contributed by atoms with E-state index in [1.165, 1.54) is 0 Å². The van der Waals surface area contributed by atoms with Crippen molar-refractivity contribution in [2.75, 3.05) is 5.32 Å². The molecule has 1 heterocycles. The van der Waals surface area contributed by atoms with Crippen molar-refractivity contribution < 1.29 is 4.79 Å². The number of carbonyl (C=O) groups excluding carboxylic acids is 1. The number of anilines is 1. The van der Waals surface area contributed by atoms with Crippen LogP contribution in [-0.2, 0) is 4.79 Å². The van der Waals surface area contributed by atoms with Gasteiger partial charge in [-0.15, -0.1) is 0 Å². The second kappa shape index (κ2) is 4.77. The number of halogens is 1. The minimum Gasteiger partial charge on any atom is -0.302 e. The molecule has 2 aromatic rings. The highest BCUT2D eigenvalue weighted by atomic mass is 35.5. The predicted molar refractivity (Wildman–Crippen MR) is 64.0 cm³/mol. The number of pyridine rings is 1. The van der Waals surface area contributed by atoms with E-state index in [2.05, 4.69) is 10.3 Å². The molecule has 16 heavy (non-hydrogen) atoms. The van der Waals surface area contributed by atoms with Crippen LogP contribution in [0.1, 0.15) is 0 Å². The van der Waals surface area contributed by atoms with Crippen LogP contribution in [0.15, 0.2) is 42.6 Å². The summed E-state index contributed by atoms with van der Waals surface area (Å²) < 4.78 is 0. The Morgan fingerprint density at radius 1 is 1.06 bits per heavy atom. The number of nitrogens with one attached hydrogen (secondary N) is 1. The highest BCUT2D eigenvalue weighted by Crippen LogP contribution is 2.21. The Morgan fingerprint density at radius 2 is 1.75 bits per heavy atom. The minimum atomic E-state index is 0.479. The van der Waals surface area contributed by atoms with E-state index in [0.29, 0.717) is 10.8 Å². The molecule has 79 valence electrons. The van der Waals surface area contributed by atoms with Gasteiger partial charge in [-0.3, -0.25) is 4.79 Å². The molecule has 0 aliphatic carbocycles. The summed E-state index contributed by atoms with van der Waals surface area (Å²) >= 11 is 5.80. The maximum atomic E-state index is 10.1. The van der Waals surface area contributed by atoms with Crippen molar-refractivity contribution in [2.45, 2.75) is 0 Å². The number of amides is 1. The van der Waals surface area contributed by atoms with Crippen LogP contribution in [0.3, 0.4) is 0 Å². The van der Waals surface area contributed by atoms with Crippen LogP contribution in [0.2, 0.25) is 5.02 Å². The molecule has 0 aliphatic heterocycles. The zero-order valence-electron chi connectivity index (χ0n) is 8.27. The fourth-order valence-corrected chi connectivity index (χ4v) is 1.46. The van der Waals surface area contributed by atoms with Gasteiger partial charge in [0, 0.05) is 16.8 Å². The van der Waals surface area contributed by atoms with Gasteiger partial charge in [-0.25, -0.2) is 4.98 Å². The summed E-state index contributed by atoms with van der Waals surface area (Å²) in [7, 11) is 0. The Hall–Kier alpha value is -1.87. The lowest BCUT2D eigenvalue weighted by atomic mass is 10.1. The number of nitrogens with zero attached hydrogens (tertiary/aromatic N) is 1. The average molecular weight is 232 g/mol. The standard InChI is InChI=1S/C12H8ClN2O/c13-11-4-1-9(2-5-11)10-3-6-12(14-7-10)15-8-16/h1-7H,(H,14,15,16). The molecular formula is C12H8ClN2O. The summed E-state index contributed by atoms with van der Waals surface area (Å²) in [5.41, 5.74) is 1.99. The van der Waals surface area contributed by atoms with Crippen molar-refractivity contribution >= 4 is 23.8 Å². The van der Waals surface area contributed by atoms with E-state index < -0.39 is 0 Å². The van der Waals surface area contributed by atoms with Crippen LogP contribution in [0.5, 0.6) is 0 Å². The highest BCUT2D eigenvalue weighted by Gasteiger charge is 1.98. The fourth-order valence-electron chi connectivity index (χ4n) is 1.33. The van der Waals surface area contributed by atoms with Crippen LogP contribution in [0, 0.1) is 0 Å². The molecule has 0 bridgehead atoms. The van der Waals surface area contributed by atoms with Gasteiger partial charge in [0.2, 0.25) is 0 Å². The molecular weight excluding hydrogens is 224 g/mol. The third kappa shape index (κ3) is 2.38. The summed E-state index contributed by atoms with van der Waals surface area (Å²) in [6, 6.07) is 11.1. The first kappa shape index (κ1) is 10.6. The monoisotopic (exact) mass is 231 g/mol. The summed E-state index contributed by atoms with van der Waals surface area (Å²) in [6.07, 6.45) is 3.25. The van der Waals surface area contributed by atoms with Gasteiger partial charge >= 0.3 is 6.41 Å². The molecule has 0 saturated heterocycles. The van der Waals surface area contributed by atoms with Crippen LogP contribution < -0.4 is 5.32 Å². The molecule has 1 aromatic heterocycles. The van der Waals surface area contributed by atoms with Gasteiger partial charge < -0.3 is 5.32 Å². The van der Waals surface area contributed by atoms with E-state index in [1.807, 2.05) is 30.3 Å². The molecule has 0 atom stereocenters. The third-order valence-corrected chi connectivity index (χ3v) is 2.37. The lowest BCUT2D eigenvalue weighted by molar-refractivity contribution is 0.561. The largest absolute Gasteiger partial charge is 0.315 e. The first-order valence-electron chi connectivity index (χ1n) is 4.65. The molecule has 0 aliphatic rings. The van der Waals surface area contributed by atoms with Gasteiger partial charge in [0.25, 0.3) is 0 Å². The maximum Gasteiger partial charge on any atom is 0.315 e. The van der Waals surface area contributed by atoms with Crippen LogP contribution >= 0.6 is 11.6 Å². The van der Waals surface area contributed by atoms with E-state index in [0.717, 1.165) is 11.1 Å². The summed E-state index contributed by atoms with van der Waals surface area (Å²) in [5.74, 6) is 0.479. The van der Waals surface area contributed by atoms with E-state index >= 15 is 0 Å². The Kier molecular flexibility index (Phi) is 3.17. The Balaban J connectivity index is 2.27. The zero-order valence-corrected chi connectivity index (χ0v) is 9.03. The van der Waals surface area contributed by atoms with Gasteiger partial charge in [-0.1, -0.05) is 23.7 Å². The lowest BCUT2D eigenvalue weighted by Gasteiger charge is -2.02. The van der Waals surface area contributed by atoms with Crippen LogP contribution in [0.4, 0.5) is 5.82 Å². The number of hydrogen-bond acceptors (Lipinski definition) is 2. The maximum absolute atomic E-state index is 10.1. The predicted octanol–water partition coefficient (Wildman–Crippen LogP) is 2.88. The summed E-state index contributed by atoms with van der Waals surface area (Å²) in [5, 5.41) is 3.06. The van der Waals surface area contributed by atoms with E-state index in [1.54, 1.807) is 18.7 Å². The zero-order chi connectivity index (χ0) is 11.4. The second-order valence-corrected chi connectivity index (χ2v) is 3.60. The van der Waals surface area contributed by atoms with Gasteiger partial charge in [0.05, 0.1) is 0 Å². The van der Waals surface area contributed by atoms with Crippen molar-refractivity contribution in [3.8, 4) is 11.1 Å². The van der Waals surface area contributed by atoms with Gasteiger partial charge in [0.1, 0.15) is 5.82 Å². The molecule has 0 saturated carbocycles. The van der Waals surface area contributed by atoms with Crippen molar-refractivity contribution in [1.82, 2.24) is 4.98 Å². The number of hydrogen-bond donors (Lipinski definition) is 1. The third-order valence-electron chi connectivity index (χ3n) is 2.12. The Bertz CT molecular complexity index is 479. The second-order valence-electron chi connectivity index (χ2n) is 3.17. The van der Waals surface area contributed by atoms with Gasteiger partial charge in [0.15, 0.2) is 0 Å². The molecule has 1 radical (unpaired) electrons. The first-order chi connectivity index (χ1) is 7.79. The highest BCUT2D eigenvalue weighted by molar-refractivity contribution is 6.30. The van der Waals surface area contributed by atoms with Crippen molar-refractivity contribution in [3.63, 3.8) is 0 Å². The summed E-state index contributed by atoms with van der Waals surface area (Å²) in [4.78, 5) is 14.1. The number of rotatable bonds is 3. The average Bonchev–Trinajstić information content (AvgIpc) is 2.32. The first-order valence-corrected chi connectivity index (χ1v) is 5.02. The Labute approximate surface area is 98.1 Å². The molecule has 0 spiro atoms. The van der Waals surface area contributed by atoms with Gasteiger partial charge in [-0.2, -0.15) is 0 Å². The molecule has 0 fully saturated rings. The van der Waals surface area contributed by atoms with Crippen LogP contribution in [-0.4, -0.2) is 11.4 Å². The molecule has 1 amide bonds. The quantitative estimate of drug-likeness (QED) is 0.826. The molecule has 0 unspecified atom stereocenters. The molecule has 2 rings (SSSR count). The van der Waals surface area contributed by atoms with E-state index in [-0.39, 0.29) is 0 Å². The van der Waals surface area contributed by atoms with Gasteiger partial charge in [-0.05, 0) is 29.8 Å². The van der Waals surface area contributed by atoms with Crippen LogP contribution in [0.25, 0.3) is 11.1 Å². The number of benzene rings is 1. The summed E-state index contributed by atoms with van der Waals surface area (Å²) in [6.45, 7) is 0. The topological polar surface area (TPSA) is 42.0 Å². The van der Waals surface area contributed by atoms with E-state index in [9.17, 15) is 4.79 Å². The lowest BCUT2D eigenvalue weighted by Crippen LogP contribution is -1.95.